The van der Waals surface area contributed by atoms with Crippen LogP contribution in [0.25, 0.3) is 0 Å². The second-order valence-corrected chi connectivity index (χ2v) is 3.58. The summed E-state index contributed by atoms with van der Waals surface area (Å²) < 4.78 is 64.0. The molecule has 0 amide bonds. The highest BCUT2D eigenvalue weighted by Crippen LogP contribution is 2.39. The van der Waals surface area contributed by atoms with Gasteiger partial charge in [-0.3, -0.25) is 0 Å². The van der Waals surface area contributed by atoms with Crippen molar-refractivity contribution < 1.29 is 26.7 Å². The minimum absolute atomic E-state index is 0.0745. The van der Waals surface area contributed by atoms with Crippen LogP contribution in [0.15, 0.2) is 16.6 Å². The highest BCUT2D eigenvalue weighted by atomic mass is 79.9. The first-order valence-electron chi connectivity index (χ1n) is 3.84. The molecule has 0 aromatic heterocycles. The summed E-state index contributed by atoms with van der Waals surface area (Å²) in [5, 5.41) is 0. The first-order chi connectivity index (χ1) is 7.22. The van der Waals surface area contributed by atoms with Crippen molar-refractivity contribution in [2.45, 2.75) is 12.8 Å². The van der Waals surface area contributed by atoms with E-state index in [0.717, 1.165) is 12.1 Å². The fraction of sp³-hybridized carbons (Fsp3) is 0.250. The Hall–Kier alpha value is -1.05. The maximum absolute atomic E-state index is 12.5. The Morgan fingerprint density at radius 1 is 1.25 bits per heavy atom. The van der Waals surface area contributed by atoms with E-state index in [1.165, 1.54) is 0 Å². The lowest BCUT2D eigenvalue weighted by Crippen LogP contribution is -2.18. The van der Waals surface area contributed by atoms with E-state index in [1.807, 2.05) is 0 Å². The van der Waals surface area contributed by atoms with Gasteiger partial charge in [-0.15, -0.1) is 13.2 Å². The summed E-state index contributed by atoms with van der Waals surface area (Å²) in [5.41, 5.74) is 3.70. The summed E-state index contributed by atoms with van der Waals surface area (Å²) in [6, 6.07) is 1.87. The van der Waals surface area contributed by atoms with Crippen molar-refractivity contribution in [1.29, 1.82) is 0 Å². The minimum atomic E-state index is -4.97. The van der Waals surface area contributed by atoms with Crippen LogP contribution in [0.5, 0.6) is 5.75 Å². The standard InChI is InChI=1S/C8H5BrF5NO/c9-3-1-2-4(16-8(12,13)14)6(15)5(3)7(10)11/h1-2,7H,15H2. The van der Waals surface area contributed by atoms with E-state index in [9.17, 15) is 22.0 Å². The molecule has 1 rings (SSSR count). The maximum Gasteiger partial charge on any atom is 0.573 e. The topological polar surface area (TPSA) is 35.2 Å². The smallest absolute Gasteiger partial charge is 0.404 e. The number of benzene rings is 1. The predicted molar refractivity (Wildman–Crippen MR) is 50.2 cm³/mol. The van der Waals surface area contributed by atoms with Crippen molar-refractivity contribution in [2.75, 3.05) is 5.73 Å². The summed E-state index contributed by atoms with van der Waals surface area (Å²) in [4.78, 5) is 0. The van der Waals surface area contributed by atoms with Gasteiger partial charge in [-0.2, -0.15) is 0 Å². The first kappa shape index (κ1) is 13.0. The number of hydrogen-bond acceptors (Lipinski definition) is 2. The molecule has 0 bridgehead atoms. The van der Waals surface area contributed by atoms with Crippen molar-refractivity contribution in [3.8, 4) is 5.75 Å². The van der Waals surface area contributed by atoms with Crippen LogP contribution < -0.4 is 10.5 Å². The molecule has 0 atom stereocenters. The largest absolute Gasteiger partial charge is 0.573 e. The van der Waals surface area contributed by atoms with Crippen molar-refractivity contribution >= 4 is 21.6 Å². The Morgan fingerprint density at radius 2 is 1.81 bits per heavy atom. The molecule has 2 N–H and O–H groups in total. The Morgan fingerprint density at radius 3 is 2.25 bits per heavy atom. The van der Waals surface area contributed by atoms with Crippen LogP contribution in [0.1, 0.15) is 12.0 Å². The molecule has 8 heteroatoms. The van der Waals surface area contributed by atoms with E-state index >= 15 is 0 Å². The van der Waals surface area contributed by atoms with Gasteiger partial charge in [0.05, 0.1) is 11.3 Å². The maximum atomic E-state index is 12.5. The summed E-state index contributed by atoms with van der Waals surface area (Å²) in [6.45, 7) is 0. The fourth-order valence-electron chi connectivity index (χ4n) is 1.03. The highest BCUT2D eigenvalue weighted by Gasteiger charge is 2.33. The zero-order valence-corrected chi connectivity index (χ0v) is 9.07. The van der Waals surface area contributed by atoms with Crippen LogP contribution >= 0.6 is 15.9 Å². The Balaban J connectivity index is 3.19. The molecule has 16 heavy (non-hydrogen) atoms. The van der Waals surface area contributed by atoms with Gasteiger partial charge in [-0.25, -0.2) is 8.78 Å². The zero-order chi connectivity index (χ0) is 12.5. The van der Waals surface area contributed by atoms with Gasteiger partial charge in [0.25, 0.3) is 6.43 Å². The molecule has 90 valence electrons. The average molecular weight is 306 g/mol. The molecule has 0 radical (unpaired) electrons. The minimum Gasteiger partial charge on any atom is -0.404 e. The van der Waals surface area contributed by atoms with Gasteiger partial charge in [0, 0.05) is 4.47 Å². The van der Waals surface area contributed by atoms with Crippen molar-refractivity contribution in [1.82, 2.24) is 0 Å². The fourth-order valence-corrected chi connectivity index (χ4v) is 1.54. The SMILES string of the molecule is Nc1c(OC(F)(F)F)ccc(Br)c1C(F)F. The van der Waals surface area contributed by atoms with Crippen LogP contribution in [-0.4, -0.2) is 6.36 Å². The summed E-state index contributed by atoms with van der Waals surface area (Å²) in [5.74, 6) is -0.842. The molecule has 0 aliphatic rings. The molecule has 2 nitrogen and oxygen atoms in total. The van der Waals surface area contributed by atoms with Crippen LogP contribution in [0.3, 0.4) is 0 Å². The van der Waals surface area contributed by atoms with E-state index in [4.69, 9.17) is 5.73 Å². The zero-order valence-electron chi connectivity index (χ0n) is 7.49. The Kier molecular flexibility index (Phi) is 3.61. The van der Waals surface area contributed by atoms with Crippen molar-refractivity contribution in [3.05, 3.63) is 22.2 Å². The lowest BCUT2D eigenvalue weighted by molar-refractivity contribution is -0.274. The number of nitrogen functional groups attached to an aromatic ring is 1. The molecule has 0 unspecified atom stereocenters. The molecule has 0 fully saturated rings. The third kappa shape index (κ3) is 2.97. The Bertz CT molecular complexity index is 393. The van der Waals surface area contributed by atoms with Gasteiger partial charge in [0.1, 0.15) is 0 Å². The number of rotatable bonds is 2. The first-order valence-corrected chi connectivity index (χ1v) is 4.63. The molecule has 0 aliphatic heterocycles. The van der Waals surface area contributed by atoms with Gasteiger partial charge in [0.2, 0.25) is 0 Å². The number of halogens is 6. The third-order valence-electron chi connectivity index (χ3n) is 1.64. The molecule has 0 aliphatic carbocycles. The Labute approximate surface area is 95.3 Å². The number of alkyl halides is 5. The van der Waals surface area contributed by atoms with Crippen LogP contribution in [0, 0.1) is 0 Å². The predicted octanol–water partition coefficient (Wildman–Crippen LogP) is 3.87. The second-order valence-electron chi connectivity index (χ2n) is 2.72. The van der Waals surface area contributed by atoms with Gasteiger partial charge < -0.3 is 10.5 Å². The second kappa shape index (κ2) is 4.44. The molecule has 1 aromatic carbocycles. The third-order valence-corrected chi connectivity index (χ3v) is 2.33. The van der Waals surface area contributed by atoms with Crippen LogP contribution in [-0.2, 0) is 0 Å². The molecule has 1 aromatic rings. The number of nitrogens with two attached hydrogens (primary N) is 1. The van der Waals surface area contributed by atoms with Crippen molar-refractivity contribution in [3.63, 3.8) is 0 Å². The number of ether oxygens (including phenoxy) is 1. The number of hydrogen-bond donors (Lipinski definition) is 1. The van der Waals surface area contributed by atoms with Crippen molar-refractivity contribution in [2.24, 2.45) is 0 Å². The van der Waals surface area contributed by atoms with Gasteiger partial charge in [0.15, 0.2) is 5.75 Å². The van der Waals surface area contributed by atoms with Gasteiger partial charge >= 0.3 is 6.36 Å². The van der Waals surface area contributed by atoms with E-state index in [2.05, 4.69) is 20.7 Å². The molecular formula is C8H5BrF5NO. The molecule has 0 spiro atoms. The van der Waals surface area contributed by atoms with Crippen LogP contribution in [0.4, 0.5) is 27.6 Å². The van der Waals surface area contributed by atoms with E-state index < -0.39 is 29.8 Å². The molecule has 0 saturated carbocycles. The summed E-state index contributed by atoms with van der Waals surface area (Å²) in [6.07, 6.45) is -7.97. The highest BCUT2D eigenvalue weighted by molar-refractivity contribution is 9.10. The lowest BCUT2D eigenvalue weighted by atomic mass is 10.2. The molecule has 0 heterocycles. The van der Waals surface area contributed by atoms with Gasteiger partial charge in [-0.1, -0.05) is 15.9 Å². The normalized spacial score (nSPS) is 11.9. The van der Waals surface area contributed by atoms with E-state index in [-0.39, 0.29) is 4.47 Å². The number of anilines is 1. The summed E-state index contributed by atoms with van der Waals surface area (Å²) in [7, 11) is 0. The monoisotopic (exact) mass is 305 g/mol. The average Bonchev–Trinajstić information content (AvgIpc) is 2.07. The van der Waals surface area contributed by atoms with Crippen LogP contribution in [0.2, 0.25) is 0 Å². The molecule has 0 saturated heterocycles. The summed E-state index contributed by atoms with van der Waals surface area (Å²) >= 11 is 2.76. The van der Waals surface area contributed by atoms with E-state index in [1.54, 1.807) is 0 Å². The van der Waals surface area contributed by atoms with E-state index in [0.29, 0.717) is 0 Å². The lowest BCUT2D eigenvalue weighted by Gasteiger charge is -2.14. The quantitative estimate of drug-likeness (QED) is 0.665. The molecular weight excluding hydrogens is 301 g/mol. The van der Waals surface area contributed by atoms with Gasteiger partial charge in [-0.05, 0) is 12.1 Å².